The molecule has 0 radical (unpaired) electrons. The molecule has 2 saturated heterocycles. The third-order valence-corrected chi connectivity index (χ3v) is 7.89. The van der Waals surface area contributed by atoms with Gasteiger partial charge in [0.15, 0.2) is 0 Å². The van der Waals surface area contributed by atoms with Crippen LogP contribution in [0.1, 0.15) is 32.3 Å². The highest BCUT2D eigenvalue weighted by Crippen LogP contribution is 2.46. The average molecular weight is 474 g/mol. The molecule has 1 aromatic carbocycles. The van der Waals surface area contributed by atoms with Crippen LogP contribution in [-0.2, 0) is 20.4 Å². The second-order valence-corrected chi connectivity index (χ2v) is 10.1. The number of hydrogen-bond donors (Lipinski definition) is 2. The van der Waals surface area contributed by atoms with Crippen molar-refractivity contribution in [1.29, 1.82) is 0 Å². The number of nitrogens with one attached hydrogen (secondary N) is 2. The van der Waals surface area contributed by atoms with Gasteiger partial charge in [0.1, 0.15) is 16.6 Å². The molecule has 12 heteroatoms. The molecule has 2 N–H and O–H groups in total. The van der Waals surface area contributed by atoms with Gasteiger partial charge < -0.3 is 10.2 Å². The molecular formula is C20H22F4N4O3S. The number of sulfonamides is 1. The molecule has 1 aliphatic carbocycles. The summed E-state index contributed by atoms with van der Waals surface area (Å²) in [5.74, 6) is -3.15. The van der Waals surface area contributed by atoms with E-state index in [1.165, 1.54) is 38.1 Å². The Bertz CT molecular complexity index is 1110. The van der Waals surface area contributed by atoms with Crippen LogP contribution >= 0.6 is 0 Å². The molecule has 174 valence electrons. The Labute approximate surface area is 182 Å². The van der Waals surface area contributed by atoms with E-state index in [0.717, 1.165) is 18.9 Å². The molecule has 1 amide bonds. The third-order valence-electron chi connectivity index (χ3n) is 6.08. The number of allylic oxidation sites excluding steroid dienone is 1. The van der Waals surface area contributed by atoms with E-state index in [0.29, 0.717) is 4.90 Å². The zero-order chi connectivity index (χ0) is 23.5. The van der Waals surface area contributed by atoms with Crippen LogP contribution in [0.5, 0.6) is 0 Å². The first-order valence-corrected chi connectivity index (χ1v) is 11.6. The summed E-state index contributed by atoms with van der Waals surface area (Å²) in [6.07, 6.45) is -2.32. The van der Waals surface area contributed by atoms with Gasteiger partial charge in [-0.3, -0.25) is 9.52 Å². The molecule has 0 bridgehead atoms. The van der Waals surface area contributed by atoms with Crippen LogP contribution in [0.25, 0.3) is 0 Å². The molecular weight excluding hydrogens is 452 g/mol. The first-order valence-electron chi connectivity index (χ1n) is 10.0. The summed E-state index contributed by atoms with van der Waals surface area (Å²) >= 11 is 0. The molecule has 2 heterocycles. The largest absolute Gasteiger partial charge is 0.471 e. The number of alkyl halides is 3. The van der Waals surface area contributed by atoms with E-state index in [2.05, 4.69) is 15.0 Å². The van der Waals surface area contributed by atoms with Crippen LogP contribution in [0.15, 0.2) is 40.9 Å². The molecule has 3 unspecified atom stereocenters. The number of carbonyl (C=O) groups is 1. The van der Waals surface area contributed by atoms with Crippen molar-refractivity contribution in [2.45, 2.75) is 55.7 Å². The minimum Gasteiger partial charge on any atom is -0.343 e. The van der Waals surface area contributed by atoms with Crippen LogP contribution in [0.3, 0.4) is 0 Å². The van der Waals surface area contributed by atoms with E-state index in [9.17, 15) is 30.8 Å². The van der Waals surface area contributed by atoms with Gasteiger partial charge >= 0.3 is 12.1 Å². The first-order chi connectivity index (χ1) is 14.9. The normalized spacial score (nSPS) is 31.1. The van der Waals surface area contributed by atoms with Gasteiger partial charge in [-0.15, -0.1) is 0 Å². The Morgan fingerprint density at radius 3 is 2.50 bits per heavy atom. The number of amides is 1. The number of rotatable bonds is 3. The highest BCUT2D eigenvalue weighted by molar-refractivity contribution is 7.91. The van der Waals surface area contributed by atoms with E-state index >= 15 is 0 Å². The standard InChI is InChI=1S/C20H22F4N4O3S/c1-3-11(2)15-16-19(13-6-4-5-7-14(13)21,10-28(15)17(29)20(22,23)24)26-18(25-12-8-9-12)27-32(16,30)31/h3-7,12,15-16H,8-10H2,1-2H3,(H2,25,26,27). The predicted molar refractivity (Wildman–Crippen MR) is 109 cm³/mol. The summed E-state index contributed by atoms with van der Waals surface area (Å²) in [4.78, 5) is 17.1. The van der Waals surface area contributed by atoms with Crippen molar-refractivity contribution in [3.63, 3.8) is 0 Å². The Balaban J connectivity index is 1.97. The van der Waals surface area contributed by atoms with Crippen LogP contribution in [0, 0.1) is 5.82 Å². The SMILES string of the molecule is CC=C(C)C1C2C(c3ccccc3F)(CN1C(=O)C(F)(F)F)NC(=NC1CC1)NS2(=O)=O. The van der Waals surface area contributed by atoms with Crippen LogP contribution in [-0.4, -0.2) is 55.2 Å². The number of fused-ring (bicyclic) bond motifs is 1. The second-order valence-electron chi connectivity index (χ2n) is 8.26. The zero-order valence-electron chi connectivity index (χ0n) is 17.3. The number of halogens is 4. The molecule has 1 saturated carbocycles. The lowest BCUT2D eigenvalue weighted by Gasteiger charge is -2.42. The summed E-state index contributed by atoms with van der Waals surface area (Å²) < 4.78 is 84.6. The summed E-state index contributed by atoms with van der Waals surface area (Å²) in [6.45, 7) is 2.27. The molecule has 2 aliphatic heterocycles. The molecule has 32 heavy (non-hydrogen) atoms. The molecule has 1 aromatic rings. The lowest BCUT2D eigenvalue weighted by atomic mass is 9.85. The summed E-state index contributed by atoms with van der Waals surface area (Å²) in [5, 5.41) is 1.26. The quantitative estimate of drug-likeness (QED) is 0.519. The number of benzene rings is 1. The highest BCUT2D eigenvalue weighted by atomic mass is 32.2. The molecule has 3 atom stereocenters. The van der Waals surface area contributed by atoms with Crippen molar-refractivity contribution in [3.8, 4) is 0 Å². The summed E-state index contributed by atoms with van der Waals surface area (Å²) in [5.41, 5.74) is -1.79. The number of guanidine groups is 1. The maximum atomic E-state index is 15.0. The summed E-state index contributed by atoms with van der Waals surface area (Å²) in [7, 11) is -4.38. The van der Waals surface area contributed by atoms with Gasteiger partial charge in [-0.1, -0.05) is 29.8 Å². The smallest absolute Gasteiger partial charge is 0.343 e. The molecule has 3 aliphatic rings. The van der Waals surface area contributed by atoms with E-state index in [-0.39, 0.29) is 23.1 Å². The average Bonchev–Trinajstić information content (AvgIpc) is 3.43. The van der Waals surface area contributed by atoms with Crippen molar-refractivity contribution >= 4 is 21.9 Å². The number of aliphatic imine (C=N–C) groups is 1. The molecule has 0 aromatic heterocycles. The number of likely N-dealkylation sites (tertiary alicyclic amines) is 1. The van der Waals surface area contributed by atoms with Crippen LogP contribution in [0.2, 0.25) is 0 Å². The Kier molecular flexibility index (Phi) is 5.26. The van der Waals surface area contributed by atoms with Crippen molar-refractivity contribution in [2.24, 2.45) is 4.99 Å². The van der Waals surface area contributed by atoms with Gasteiger partial charge in [-0.2, -0.15) is 13.2 Å². The zero-order valence-corrected chi connectivity index (χ0v) is 18.1. The topological polar surface area (TPSA) is 90.9 Å². The molecule has 4 rings (SSSR count). The van der Waals surface area contributed by atoms with Gasteiger partial charge in [0.25, 0.3) is 0 Å². The van der Waals surface area contributed by atoms with Crippen molar-refractivity contribution in [2.75, 3.05) is 6.54 Å². The van der Waals surface area contributed by atoms with Crippen molar-refractivity contribution in [3.05, 3.63) is 47.3 Å². The Hall–Kier alpha value is -2.63. The van der Waals surface area contributed by atoms with E-state index in [1.54, 1.807) is 0 Å². The molecule has 7 nitrogen and oxygen atoms in total. The van der Waals surface area contributed by atoms with Crippen molar-refractivity contribution < 1.29 is 30.8 Å². The maximum Gasteiger partial charge on any atom is 0.471 e. The van der Waals surface area contributed by atoms with Crippen LogP contribution < -0.4 is 10.0 Å². The van der Waals surface area contributed by atoms with Gasteiger partial charge in [-0.05, 0) is 32.8 Å². The van der Waals surface area contributed by atoms with E-state index in [1.807, 2.05) is 0 Å². The lowest BCUT2D eigenvalue weighted by Crippen LogP contribution is -2.68. The maximum absolute atomic E-state index is 15.0. The number of nitrogens with zero attached hydrogens (tertiary/aromatic N) is 2. The monoisotopic (exact) mass is 474 g/mol. The van der Waals surface area contributed by atoms with Crippen molar-refractivity contribution in [1.82, 2.24) is 14.9 Å². The summed E-state index contributed by atoms with van der Waals surface area (Å²) in [6, 6.07) is 3.67. The minimum absolute atomic E-state index is 0.128. The van der Waals surface area contributed by atoms with E-state index in [4.69, 9.17) is 0 Å². The Morgan fingerprint density at radius 1 is 1.28 bits per heavy atom. The highest BCUT2D eigenvalue weighted by Gasteiger charge is 2.66. The van der Waals surface area contributed by atoms with Gasteiger partial charge in [0.05, 0.1) is 18.6 Å². The number of carbonyl (C=O) groups excluding carboxylic acids is 1. The van der Waals surface area contributed by atoms with E-state index < -0.39 is 51.3 Å². The lowest BCUT2D eigenvalue weighted by molar-refractivity contribution is -0.185. The van der Waals surface area contributed by atoms with Gasteiger partial charge in [0.2, 0.25) is 16.0 Å². The second kappa shape index (κ2) is 7.46. The fourth-order valence-corrected chi connectivity index (χ4v) is 6.45. The number of hydrogen-bond acceptors (Lipinski definition) is 4. The fraction of sp³-hybridized carbons (Fsp3) is 0.500. The van der Waals surface area contributed by atoms with Gasteiger partial charge in [0, 0.05) is 5.56 Å². The van der Waals surface area contributed by atoms with Gasteiger partial charge in [-0.25, -0.2) is 17.8 Å². The Morgan fingerprint density at radius 2 is 1.94 bits per heavy atom. The fourth-order valence-electron chi connectivity index (χ4n) is 4.46. The van der Waals surface area contributed by atoms with Crippen LogP contribution in [0.4, 0.5) is 17.6 Å². The molecule has 0 spiro atoms. The first kappa shape index (κ1) is 22.6. The molecule has 3 fully saturated rings. The minimum atomic E-state index is -5.24. The third kappa shape index (κ3) is 3.63. The predicted octanol–water partition coefficient (Wildman–Crippen LogP) is 2.17.